The molecule has 1 N–H and O–H groups in total. The molecule has 0 unspecified atom stereocenters. The Kier molecular flexibility index (Phi) is 4.77. The van der Waals surface area contributed by atoms with Crippen LogP contribution in [0.1, 0.15) is 34.7 Å². The van der Waals surface area contributed by atoms with Crippen molar-refractivity contribution < 1.29 is 19.1 Å². The van der Waals surface area contributed by atoms with E-state index >= 15 is 0 Å². The Labute approximate surface area is 122 Å². The first-order valence-corrected chi connectivity index (χ1v) is 6.73. The Balaban J connectivity index is 2.00. The van der Waals surface area contributed by atoms with Crippen LogP contribution in [-0.4, -0.2) is 29.4 Å². The number of carbonyl (C=O) groups is 2. The molecular weight excluding hydrogens is 270 g/mol. The Morgan fingerprint density at radius 2 is 1.90 bits per heavy atom. The van der Waals surface area contributed by atoms with Crippen molar-refractivity contribution in [1.82, 2.24) is 4.98 Å². The average Bonchev–Trinajstić information content (AvgIpc) is 3.02. The number of aromatic nitrogens is 1. The average molecular weight is 287 g/mol. The van der Waals surface area contributed by atoms with Gasteiger partial charge in [0.25, 0.3) is 0 Å². The van der Waals surface area contributed by atoms with Gasteiger partial charge in [0.2, 0.25) is 5.78 Å². The van der Waals surface area contributed by atoms with Crippen molar-refractivity contribution >= 4 is 11.8 Å². The number of esters is 1. The van der Waals surface area contributed by atoms with E-state index in [0.717, 1.165) is 0 Å². The molecule has 1 atom stereocenters. The first-order valence-electron chi connectivity index (χ1n) is 6.73. The second-order valence-electron chi connectivity index (χ2n) is 4.45. The molecule has 0 aliphatic carbocycles. The van der Waals surface area contributed by atoms with Crippen molar-refractivity contribution in [3.8, 4) is 5.75 Å². The molecule has 0 bridgehead atoms. The number of ether oxygens (including phenoxy) is 2. The van der Waals surface area contributed by atoms with Gasteiger partial charge < -0.3 is 14.5 Å². The minimum absolute atomic E-state index is 0.252. The maximum atomic E-state index is 12.2. The molecule has 0 fully saturated rings. The van der Waals surface area contributed by atoms with E-state index in [1.807, 2.05) is 6.92 Å². The minimum Gasteiger partial charge on any atom is -0.494 e. The summed E-state index contributed by atoms with van der Waals surface area (Å²) >= 11 is 0. The van der Waals surface area contributed by atoms with Gasteiger partial charge in [-0.05, 0) is 50.2 Å². The van der Waals surface area contributed by atoms with E-state index in [9.17, 15) is 9.59 Å². The van der Waals surface area contributed by atoms with Gasteiger partial charge in [-0.3, -0.25) is 4.79 Å². The molecule has 1 heterocycles. The molecule has 5 heteroatoms. The van der Waals surface area contributed by atoms with E-state index in [-0.39, 0.29) is 5.78 Å². The fourth-order valence-electron chi connectivity index (χ4n) is 1.85. The van der Waals surface area contributed by atoms with Crippen molar-refractivity contribution in [1.29, 1.82) is 0 Å². The zero-order valence-electron chi connectivity index (χ0n) is 12.0. The van der Waals surface area contributed by atoms with E-state index in [0.29, 0.717) is 23.6 Å². The summed E-state index contributed by atoms with van der Waals surface area (Å²) in [5.74, 6) is -0.102. The predicted molar refractivity (Wildman–Crippen MR) is 77.6 cm³/mol. The molecule has 0 amide bonds. The molecule has 0 saturated carbocycles. The van der Waals surface area contributed by atoms with Gasteiger partial charge >= 0.3 is 5.97 Å². The summed E-state index contributed by atoms with van der Waals surface area (Å²) in [6, 6.07) is 10.0. The number of carbonyl (C=O) groups excluding carboxylic acids is 2. The van der Waals surface area contributed by atoms with E-state index in [1.165, 1.54) is 0 Å². The molecule has 1 aromatic carbocycles. The van der Waals surface area contributed by atoms with Crippen molar-refractivity contribution in [2.45, 2.75) is 20.0 Å². The lowest BCUT2D eigenvalue weighted by atomic mass is 10.1. The second-order valence-corrected chi connectivity index (χ2v) is 4.45. The highest BCUT2D eigenvalue weighted by Crippen LogP contribution is 2.15. The van der Waals surface area contributed by atoms with Crippen LogP contribution in [0.5, 0.6) is 5.75 Å². The third kappa shape index (κ3) is 3.72. The Hall–Kier alpha value is -2.56. The molecule has 21 heavy (non-hydrogen) atoms. The maximum absolute atomic E-state index is 12.2. The van der Waals surface area contributed by atoms with Gasteiger partial charge in [-0.15, -0.1) is 0 Å². The summed E-state index contributed by atoms with van der Waals surface area (Å²) in [6.45, 7) is 4.01. The van der Waals surface area contributed by atoms with Gasteiger partial charge in [0.15, 0.2) is 6.10 Å². The quantitative estimate of drug-likeness (QED) is 0.655. The molecule has 0 saturated heterocycles. The van der Waals surface area contributed by atoms with Crippen molar-refractivity contribution in [2.24, 2.45) is 0 Å². The highest BCUT2D eigenvalue weighted by atomic mass is 16.5. The van der Waals surface area contributed by atoms with Crippen LogP contribution in [0.4, 0.5) is 0 Å². The van der Waals surface area contributed by atoms with E-state index in [1.54, 1.807) is 49.5 Å². The Morgan fingerprint density at radius 3 is 2.48 bits per heavy atom. The van der Waals surface area contributed by atoms with Gasteiger partial charge in [0, 0.05) is 11.8 Å². The topological polar surface area (TPSA) is 68.4 Å². The maximum Gasteiger partial charge on any atom is 0.355 e. The SMILES string of the molecule is CCOc1ccc(C(=O)[C@H](C)OC(=O)c2ccc[nH]2)cc1. The molecular formula is C16H17NO4. The molecule has 2 rings (SSSR count). The smallest absolute Gasteiger partial charge is 0.355 e. The summed E-state index contributed by atoms with van der Waals surface area (Å²) in [5.41, 5.74) is 0.798. The molecule has 0 aliphatic heterocycles. The summed E-state index contributed by atoms with van der Waals surface area (Å²) < 4.78 is 10.5. The molecule has 0 radical (unpaired) electrons. The van der Waals surface area contributed by atoms with E-state index in [2.05, 4.69) is 4.98 Å². The number of nitrogens with one attached hydrogen (secondary N) is 1. The number of hydrogen-bond acceptors (Lipinski definition) is 4. The third-order valence-electron chi connectivity index (χ3n) is 2.92. The molecule has 2 aromatic rings. The van der Waals surface area contributed by atoms with Crippen LogP contribution >= 0.6 is 0 Å². The normalized spacial score (nSPS) is 11.7. The van der Waals surface area contributed by atoms with Gasteiger partial charge in [-0.2, -0.15) is 0 Å². The lowest BCUT2D eigenvalue weighted by Gasteiger charge is -2.12. The summed E-state index contributed by atoms with van der Waals surface area (Å²) in [6.07, 6.45) is 0.772. The predicted octanol–water partition coefficient (Wildman–Crippen LogP) is 2.84. The van der Waals surface area contributed by atoms with Crippen LogP contribution in [-0.2, 0) is 4.74 Å². The molecule has 5 nitrogen and oxygen atoms in total. The standard InChI is InChI=1S/C16H17NO4/c1-3-20-13-8-6-12(7-9-13)15(18)11(2)21-16(19)14-5-4-10-17-14/h4-11,17H,3H2,1-2H3/t11-/m0/s1. The Morgan fingerprint density at radius 1 is 1.19 bits per heavy atom. The number of ketones is 1. The van der Waals surface area contributed by atoms with Crippen molar-refractivity contribution in [2.75, 3.05) is 6.61 Å². The summed E-state index contributed by atoms with van der Waals surface area (Å²) in [7, 11) is 0. The second kappa shape index (κ2) is 6.74. The lowest BCUT2D eigenvalue weighted by Crippen LogP contribution is -2.24. The molecule has 1 aromatic heterocycles. The van der Waals surface area contributed by atoms with Crippen LogP contribution in [0, 0.1) is 0 Å². The largest absolute Gasteiger partial charge is 0.494 e. The van der Waals surface area contributed by atoms with Crippen LogP contribution in [0.25, 0.3) is 0 Å². The zero-order chi connectivity index (χ0) is 15.2. The number of aromatic amines is 1. The van der Waals surface area contributed by atoms with Crippen molar-refractivity contribution in [3.05, 3.63) is 53.9 Å². The fourth-order valence-corrected chi connectivity index (χ4v) is 1.85. The van der Waals surface area contributed by atoms with E-state index in [4.69, 9.17) is 9.47 Å². The van der Waals surface area contributed by atoms with Gasteiger partial charge in [-0.1, -0.05) is 0 Å². The number of Topliss-reactive ketones (excluding diaryl/α,β-unsaturated/α-hetero) is 1. The number of benzene rings is 1. The number of rotatable bonds is 6. The summed E-state index contributed by atoms with van der Waals surface area (Å²) in [4.78, 5) is 26.7. The van der Waals surface area contributed by atoms with Gasteiger partial charge in [0.1, 0.15) is 11.4 Å². The lowest BCUT2D eigenvalue weighted by molar-refractivity contribution is 0.0314. The minimum atomic E-state index is -0.848. The summed E-state index contributed by atoms with van der Waals surface area (Å²) in [5, 5.41) is 0. The first kappa shape index (κ1) is 14.8. The van der Waals surface area contributed by atoms with Crippen LogP contribution in [0.2, 0.25) is 0 Å². The van der Waals surface area contributed by atoms with Crippen LogP contribution in [0.3, 0.4) is 0 Å². The number of H-pyrrole nitrogens is 1. The van der Waals surface area contributed by atoms with Crippen LogP contribution < -0.4 is 4.74 Å². The fraction of sp³-hybridized carbons (Fsp3) is 0.250. The first-order chi connectivity index (χ1) is 10.1. The van der Waals surface area contributed by atoms with Gasteiger partial charge in [-0.25, -0.2) is 4.79 Å². The van der Waals surface area contributed by atoms with Crippen molar-refractivity contribution in [3.63, 3.8) is 0 Å². The zero-order valence-corrected chi connectivity index (χ0v) is 12.0. The monoisotopic (exact) mass is 287 g/mol. The number of hydrogen-bond donors (Lipinski definition) is 1. The highest BCUT2D eigenvalue weighted by Gasteiger charge is 2.20. The molecule has 110 valence electrons. The highest BCUT2D eigenvalue weighted by molar-refractivity contribution is 6.01. The van der Waals surface area contributed by atoms with E-state index < -0.39 is 12.1 Å². The van der Waals surface area contributed by atoms with Crippen LogP contribution in [0.15, 0.2) is 42.6 Å². The molecule has 0 aliphatic rings. The Bertz CT molecular complexity index is 602. The molecule has 0 spiro atoms. The third-order valence-corrected chi connectivity index (χ3v) is 2.92. The van der Waals surface area contributed by atoms with Gasteiger partial charge in [0.05, 0.1) is 6.61 Å².